The van der Waals surface area contributed by atoms with E-state index in [4.69, 9.17) is 0 Å². The van der Waals surface area contributed by atoms with Crippen molar-refractivity contribution < 1.29 is 20.1 Å². The quantitative estimate of drug-likeness (QED) is 0.241. The Morgan fingerprint density at radius 1 is 1.15 bits per heavy atom. The second-order valence-electron chi connectivity index (χ2n) is 10.5. The molecule has 2 aliphatic carbocycles. The van der Waals surface area contributed by atoms with Crippen molar-refractivity contribution >= 4 is 5.97 Å². The number of aliphatic hydroxyl groups is 2. The van der Waals surface area contributed by atoms with Crippen LogP contribution in [-0.2, 0) is 6.42 Å². The number of hydrogen-bond donors (Lipinski definition) is 3. The number of aryl methyl sites for hydroxylation is 1. The summed E-state index contributed by atoms with van der Waals surface area (Å²) in [4.78, 5) is 11.3. The molecule has 4 heteroatoms. The highest BCUT2D eigenvalue weighted by molar-refractivity contribution is 5.89. The van der Waals surface area contributed by atoms with E-state index in [9.17, 15) is 20.1 Å². The predicted octanol–water partition coefficient (Wildman–Crippen LogP) is 6.32. The number of aromatic carboxylic acids is 1. The van der Waals surface area contributed by atoms with Gasteiger partial charge in [0.1, 0.15) is 0 Å². The Hall–Kier alpha value is -1.91. The van der Waals surface area contributed by atoms with Crippen molar-refractivity contribution in [3.63, 3.8) is 0 Å². The summed E-state index contributed by atoms with van der Waals surface area (Å²) in [6.07, 6.45) is 17.1. The van der Waals surface area contributed by atoms with Gasteiger partial charge in [0.2, 0.25) is 0 Å². The summed E-state index contributed by atoms with van der Waals surface area (Å²) in [6.45, 7) is 4.06. The highest BCUT2D eigenvalue weighted by atomic mass is 16.4. The summed E-state index contributed by atoms with van der Waals surface area (Å²) >= 11 is 0. The van der Waals surface area contributed by atoms with E-state index in [0.717, 1.165) is 69.8 Å². The zero-order chi connectivity index (χ0) is 23.8. The standard InChI is InChI=1S/C29H42O4/c1-3-4-16-29(2,33)17-10-15-25-26-19-21(18-23(26)20-27(25)30)11-6-5-7-12-22-13-8-9-14-24(22)28(31)32/h8-10,13-15,18,23,25-27,30,33H,3-7,11-12,16-17,19-20H2,1-2H3,(H,31,32)/t23-,25-,26-,27+,29-/m0/s1. The molecule has 0 aliphatic heterocycles. The highest BCUT2D eigenvalue weighted by Crippen LogP contribution is 2.48. The minimum absolute atomic E-state index is 0.193. The lowest BCUT2D eigenvalue weighted by Gasteiger charge is -2.22. The number of aliphatic hydroxyl groups excluding tert-OH is 1. The highest BCUT2D eigenvalue weighted by Gasteiger charge is 2.43. The van der Waals surface area contributed by atoms with Crippen LogP contribution in [0.25, 0.3) is 0 Å². The van der Waals surface area contributed by atoms with E-state index >= 15 is 0 Å². The fraction of sp³-hybridized carbons (Fsp3) is 0.621. The topological polar surface area (TPSA) is 77.8 Å². The first-order valence-corrected chi connectivity index (χ1v) is 12.9. The summed E-state index contributed by atoms with van der Waals surface area (Å²) in [5.41, 5.74) is 2.22. The van der Waals surface area contributed by atoms with Gasteiger partial charge >= 0.3 is 5.97 Å². The number of allylic oxidation sites excluding steroid dienone is 2. The van der Waals surface area contributed by atoms with E-state index < -0.39 is 11.6 Å². The van der Waals surface area contributed by atoms with Gasteiger partial charge in [0.25, 0.3) is 0 Å². The van der Waals surface area contributed by atoms with E-state index in [-0.39, 0.29) is 12.0 Å². The van der Waals surface area contributed by atoms with Crippen LogP contribution >= 0.6 is 0 Å². The van der Waals surface area contributed by atoms with Gasteiger partial charge in [-0.05, 0) is 81.8 Å². The lowest BCUT2D eigenvalue weighted by atomic mass is 9.87. The number of benzene rings is 1. The molecule has 5 atom stereocenters. The number of unbranched alkanes of at least 4 members (excludes halogenated alkanes) is 3. The average Bonchev–Trinajstić information content (AvgIpc) is 3.29. The summed E-state index contributed by atoms with van der Waals surface area (Å²) in [5.74, 6) is 0.323. The molecule has 1 saturated carbocycles. The van der Waals surface area contributed by atoms with Crippen molar-refractivity contribution in [2.45, 2.75) is 96.2 Å². The van der Waals surface area contributed by atoms with Crippen LogP contribution in [-0.4, -0.2) is 33.0 Å². The first kappa shape index (κ1) is 25.7. The second-order valence-corrected chi connectivity index (χ2v) is 10.5. The van der Waals surface area contributed by atoms with E-state index in [1.54, 1.807) is 12.1 Å². The Balaban J connectivity index is 1.41. The lowest BCUT2D eigenvalue weighted by molar-refractivity contribution is 0.0513. The lowest BCUT2D eigenvalue weighted by Crippen LogP contribution is -2.23. The maximum Gasteiger partial charge on any atom is 0.335 e. The Bertz CT molecular complexity index is 838. The predicted molar refractivity (Wildman–Crippen MR) is 133 cm³/mol. The molecule has 182 valence electrons. The van der Waals surface area contributed by atoms with Crippen molar-refractivity contribution in [3.8, 4) is 0 Å². The van der Waals surface area contributed by atoms with Crippen LogP contribution in [0.4, 0.5) is 0 Å². The molecule has 0 bridgehead atoms. The summed E-state index contributed by atoms with van der Waals surface area (Å²) in [7, 11) is 0. The van der Waals surface area contributed by atoms with Gasteiger partial charge in [0.15, 0.2) is 0 Å². The minimum Gasteiger partial charge on any atom is -0.478 e. The number of carbonyl (C=O) groups is 1. The van der Waals surface area contributed by atoms with Crippen LogP contribution in [0.3, 0.4) is 0 Å². The molecule has 4 nitrogen and oxygen atoms in total. The number of carboxylic acid groups (broad SMARTS) is 1. The fourth-order valence-electron chi connectivity index (χ4n) is 5.72. The Morgan fingerprint density at radius 3 is 2.67 bits per heavy atom. The number of carboxylic acids is 1. The third kappa shape index (κ3) is 7.28. The number of hydrogen-bond acceptors (Lipinski definition) is 3. The summed E-state index contributed by atoms with van der Waals surface area (Å²) in [6, 6.07) is 7.30. The van der Waals surface area contributed by atoms with Crippen LogP contribution < -0.4 is 0 Å². The smallest absolute Gasteiger partial charge is 0.335 e. The fourth-order valence-corrected chi connectivity index (χ4v) is 5.72. The van der Waals surface area contributed by atoms with E-state index in [1.165, 1.54) is 5.57 Å². The minimum atomic E-state index is -0.844. The van der Waals surface area contributed by atoms with Gasteiger partial charge in [-0.25, -0.2) is 4.79 Å². The van der Waals surface area contributed by atoms with Crippen LogP contribution in [0.5, 0.6) is 0 Å². The SMILES string of the molecule is CCCC[C@](C)(O)CC=C[C@H]1[C@H]2CC(CCCCCc3ccccc3C(=O)O)=C[C@H]2C[C@H]1O. The van der Waals surface area contributed by atoms with Gasteiger partial charge < -0.3 is 15.3 Å². The molecule has 0 amide bonds. The molecule has 0 unspecified atom stereocenters. The Labute approximate surface area is 199 Å². The molecule has 2 aliphatic rings. The molecule has 1 aromatic rings. The molecular weight excluding hydrogens is 412 g/mol. The van der Waals surface area contributed by atoms with E-state index in [1.807, 2.05) is 19.1 Å². The van der Waals surface area contributed by atoms with Crippen LogP contribution in [0.2, 0.25) is 0 Å². The third-order valence-corrected chi connectivity index (χ3v) is 7.63. The third-order valence-electron chi connectivity index (χ3n) is 7.63. The molecule has 0 aromatic heterocycles. The van der Waals surface area contributed by atoms with E-state index in [0.29, 0.717) is 23.8 Å². The first-order valence-electron chi connectivity index (χ1n) is 12.9. The van der Waals surface area contributed by atoms with Crippen LogP contribution in [0.15, 0.2) is 48.1 Å². The molecule has 0 spiro atoms. The Kier molecular flexibility index (Phi) is 9.34. The second kappa shape index (κ2) is 12.0. The van der Waals surface area contributed by atoms with E-state index in [2.05, 4.69) is 25.2 Å². The zero-order valence-electron chi connectivity index (χ0n) is 20.4. The average molecular weight is 455 g/mol. The van der Waals surface area contributed by atoms with Gasteiger partial charge in [-0.3, -0.25) is 0 Å². The maximum absolute atomic E-state index is 11.3. The van der Waals surface area contributed by atoms with Gasteiger partial charge in [0, 0.05) is 5.92 Å². The molecule has 1 fully saturated rings. The van der Waals surface area contributed by atoms with Gasteiger partial charge in [0.05, 0.1) is 17.3 Å². The van der Waals surface area contributed by atoms with Gasteiger partial charge in [-0.15, -0.1) is 0 Å². The van der Waals surface area contributed by atoms with Crippen molar-refractivity contribution in [1.82, 2.24) is 0 Å². The first-order chi connectivity index (χ1) is 15.8. The maximum atomic E-state index is 11.3. The van der Waals surface area contributed by atoms with Crippen molar-refractivity contribution in [2.24, 2.45) is 17.8 Å². The molecular formula is C29H42O4. The summed E-state index contributed by atoms with van der Waals surface area (Å²) < 4.78 is 0. The normalized spacial score (nSPS) is 26.4. The molecule has 3 rings (SSSR count). The van der Waals surface area contributed by atoms with Crippen LogP contribution in [0.1, 0.15) is 94.0 Å². The molecule has 33 heavy (non-hydrogen) atoms. The van der Waals surface area contributed by atoms with Gasteiger partial charge in [-0.2, -0.15) is 0 Å². The monoisotopic (exact) mass is 454 g/mol. The molecule has 1 aromatic carbocycles. The molecule has 0 saturated heterocycles. The molecule has 3 N–H and O–H groups in total. The number of rotatable bonds is 13. The van der Waals surface area contributed by atoms with Crippen molar-refractivity contribution in [3.05, 3.63) is 59.2 Å². The van der Waals surface area contributed by atoms with Gasteiger partial charge in [-0.1, -0.05) is 68.2 Å². The van der Waals surface area contributed by atoms with Crippen LogP contribution in [0, 0.1) is 17.8 Å². The number of fused-ring (bicyclic) bond motifs is 1. The largest absolute Gasteiger partial charge is 0.478 e. The van der Waals surface area contributed by atoms with Crippen molar-refractivity contribution in [2.75, 3.05) is 0 Å². The Morgan fingerprint density at radius 2 is 1.91 bits per heavy atom. The zero-order valence-corrected chi connectivity index (χ0v) is 20.4. The molecule has 0 heterocycles. The summed E-state index contributed by atoms with van der Waals surface area (Å²) in [5, 5.41) is 30.4. The van der Waals surface area contributed by atoms with Crippen molar-refractivity contribution in [1.29, 1.82) is 0 Å². The molecule has 0 radical (unpaired) electrons.